The van der Waals surface area contributed by atoms with E-state index in [1.54, 1.807) is 22.6 Å². The molecule has 4 rings (SSSR count). The number of benzene rings is 1. The number of amides is 1. The number of thiophene rings is 1. The minimum absolute atomic E-state index is 0.00754. The van der Waals surface area contributed by atoms with Gasteiger partial charge in [-0.05, 0) is 18.2 Å². The molecule has 4 nitrogen and oxygen atoms in total. The maximum Gasteiger partial charge on any atom is 0.219 e. The molecule has 0 fully saturated rings. The Labute approximate surface area is 164 Å². The molecule has 3 heterocycles. The second-order valence-electron chi connectivity index (χ2n) is 6.46. The van der Waals surface area contributed by atoms with E-state index in [1.165, 1.54) is 23.5 Å². The molecule has 140 valence electrons. The Balaban J connectivity index is 1.77. The van der Waals surface area contributed by atoms with Gasteiger partial charge in [-0.3, -0.25) is 9.48 Å². The monoisotopic (exact) mass is 407 g/mol. The van der Waals surface area contributed by atoms with Gasteiger partial charge in [0, 0.05) is 49.3 Å². The van der Waals surface area contributed by atoms with Gasteiger partial charge in [0.1, 0.15) is 17.3 Å². The van der Waals surface area contributed by atoms with Crippen molar-refractivity contribution in [2.24, 2.45) is 0 Å². The van der Waals surface area contributed by atoms with Gasteiger partial charge in [0.05, 0.1) is 15.8 Å². The molecule has 1 aromatic carbocycles. The number of carbonyl (C=O) groups is 1. The third-order valence-corrected chi connectivity index (χ3v) is 5.96. The first kappa shape index (κ1) is 18.1. The largest absolute Gasteiger partial charge is 0.338 e. The Morgan fingerprint density at radius 3 is 2.78 bits per heavy atom. The summed E-state index contributed by atoms with van der Waals surface area (Å²) < 4.78 is 29.7. The van der Waals surface area contributed by atoms with Crippen LogP contribution in [0.25, 0.3) is 10.6 Å². The summed E-state index contributed by atoms with van der Waals surface area (Å²) in [6, 6.07) is 7.25. The summed E-state index contributed by atoms with van der Waals surface area (Å²) >= 11 is 7.49. The molecule has 3 aromatic rings. The molecule has 0 saturated carbocycles. The fourth-order valence-electron chi connectivity index (χ4n) is 3.34. The molecule has 27 heavy (non-hydrogen) atoms. The van der Waals surface area contributed by atoms with Crippen LogP contribution < -0.4 is 0 Å². The number of halogens is 3. The summed E-state index contributed by atoms with van der Waals surface area (Å²) in [5.74, 6) is -1.20. The molecule has 1 aliphatic heterocycles. The number of aromatic nitrogens is 2. The minimum Gasteiger partial charge on any atom is -0.338 e. The maximum absolute atomic E-state index is 14.1. The lowest BCUT2D eigenvalue weighted by molar-refractivity contribution is -0.129. The summed E-state index contributed by atoms with van der Waals surface area (Å²) in [6.45, 7) is 2.80. The van der Waals surface area contributed by atoms with E-state index in [9.17, 15) is 13.6 Å². The first-order valence-corrected chi connectivity index (χ1v) is 9.65. The lowest BCUT2D eigenvalue weighted by Crippen LogP contribution is -2.34. The van der Waals surface area contributed by atoms with Crippen molar-refractivity contribution in [1.29, 1.82) is 0 Å². The van der Waals surface area contributed by atoms with Gasteiger partial charge < -0.3 is 4.90 Å². The molecule has 0 bridgehead atoms. The van der Waals surface area contributed by atoms with Crippen molar-refractivity contribution in [2.45, 2.75) is 26.4 Å². The van der Waals surface area contributed by atoms with Crippen LogP contribution in [0.5, 0.6) is 0 Å². The molecule has 1 amide bonds. The van der Waals surface area contributed by atoms with Crippen LogP contribution in [0.15, 0.2) is 30.3 Å². The quantitative estimate of drug-likeness (QED) is 0.641. The molecule has 0 saturated heterocycles. The van der Waals surface area contributed by atoms with Crippen LogP contribution >= 0.6 is 22.9 Å². The predicted octanol–water partition coefficient (Wildman–Crippen LogP) is 4.50. The van der Waals surface area contributed by atoms with E-state index in [2.05, 4.69) is 0 Å². The van der Waals surface area contributed by atoms with Gasteiger partial charge in [-0.15, -0.1) is 11.3 Å². The first-order chi connectivity index (χ1) is 12.9. The van der Waals surface area contributed by atoms with Crippen molar-refractivity contribution in [3.63, 3.8) is 0 Å². The molecule has 2 aromatic heterocycles. The molecular formula is C19H16ClF2N3OS. The van der Waals surface area contributed by atoms with Crippen LogP contribution in [0.3, 0.4) is 0 Å². The van der Waals surface area contributed by atoms with Crippen molar-refractivity contribution < 1.29 is 13.6 Å². The summed E-state index contributed by atoms with van der Waals surface area (Å²) in [6.07, 6.45) is 0.629. The summed E-state index contributed by atoms with van der Waals surface area (Å²) in [4.78, 5) is 14.5. The van der Waals surface area contributed by atoms with Crippen molar-refractivity contribution in [1.82, 2.24) is 14.7 Å². The zero-order valence-electron chi connectivity index (χ0n) is 14.5. The Bertz CT molecular complexity index is 1030. The Hall–Kier alpha value is -2.25. The maximum atomic E-state index is 14.1. The predicted molar refractivity (Wildman–Crippen MR) is 101 cm³/mol. The number of hydrogen-bond acceptors (Lipinski definition) is 3. The molecule has 0 spiro atoms. The van der Waals surface area contributed by atoms with Crippen LogP contribution in [0, 0.1) is 11.6 Å². The third kappa shape index (κ3) is 3.49. The van der Waals surface area contributed by atoms with E-state index in [1.807, 2.05) is 6.07 Å². The molecule has 0 radical (unpaired) electrons. The summed E-state index contributed by atoms with van der Waals surface area (Å²) in [5, 5.41) is 4.70. The average molecular weight is 408 g/mol. The SMILES string of the molecule is CC(=O)N1CCc2c(c(-c3ccc(Cl)s3)nn2Cc2ccc(F)cc2F)C1. The van der Waals surface area contributed by atoms with Gasteiger partial charge in [0.25, 0.3) is 0 Å². The fraction of sp³-hybridized carbons (Fsp3) is 0.263. The number of hydrogen-bond donors (Lipinski definition) is 0. The van der Waals surface area contributed by atoms with Gasteiger partial charge in [0.2, 0.25) is 5.91 Å². The topological polar surface area (TPSA) is 38.1 Å². The van der Waals surface area contributed by atoms with E-state index in [0.717, 1.165) is 27.9 Å². The number of rotatable bonds is 3. The van der Waals surface area contributed by atoms with Gasteiger partial charge in [-0.1, -0.05) is 17.7 Å². The molecule has 8 heteroatoms. The van der Waals surface area contributed by atoms with Crippen molar-refractivity contribution >= 4 is 28.8 Å². The van der Waals surface area contributed by atoms with Crippen molar-refractivity contribution in [3.05, 3.63) is 63.1 Å². The van der Waals surface area contributed by atoms with E-state index in [4.69, 9.17) is 16.7 Å². The van der Waals surface area contributed by atoms with Crippen molar-refractivity contribution in [2.75, 3.05) is 6.54 Å². The highest BCUT2D eigenvalue weighted by Gasteiger charge is 2.27. The van der Waals surface area contributed by atoms with Crippen LogP contribution in [0.4, 0.5) is 8.78 Å². The summed E-state index contributed by atoms with van der Waals surface area (Å²) in [5.41, 5.74) is 3.05. The minimum atomic E-state index is -0.607. The fourth-order valence-corrected chi connectivity index (χ4v) is 4.40. The molecule has 0 unspecified atom stereocenters. The third-order valence-electron chi connectivity index (χ3n) is 4.72. The van der Waals surface area contributed by atoms with E-state index in [0.29, 0.717) is 29.4 Å². The molecule has 1 aliphatic rings. The Kier molecular flexibility index (Phi) is 4.74. The van der Waals surface area contributed by atoms with E-state index in [-0.39, 0.29) is 12.5 Å². The van der Waals surface area contributed by atoms with Gasteiger partial charge in [-0.25, -0.2) is 8.78 Å². The van der Waals surface area contributed by atoms with E-state index >= 15 is 0 Å². The van der Waals surface area contributed by atoms with Crippen molar-refractivity contribution in [3.8, 4) is 10.6 Å². The second-order valence-corrected chi connectivity index (χ2v) is 8.18. The second kappa shape index (κ2) is 7.05. The number of carbonyl (C=O) groups excluding carboxylic acids is 1. The smallest absolute Gasteiger partial charge is 0.219 e. The lowest BCUT2D eigenvalue weighted by Gasteiger charge is -2.26. The first-order valence-electron chi connectivity index (χ1n) is 8.46. The Morgan fingerprint density at radius 2 is 2.11 bits per heavy atom. The average Bonchev–Trinajstić information content (AvgIpc) is 3.20. The van der Waals surface area contributed by atoms with Gasteiger partial charge >= 0.3 is 0 Å². The molecule has 0 N–H and O–H groups in total. The highest BCUT2D eigenvalue weighted by molar-refractivity contribution is 7.19. The normalized spacial score (nSPS) is 13.7. The van der Waals surface area contributed by atoms with Crippen LogP contribution in [-0.2, 0) is 24.3 Å². The van der Waals surface area contributed by atoms with E-state index < -0.39 is 11.6 Å². The van der Waals surface area contributed by atoms with Crippen LogP contribution in [0.2, 0.25) is 4.34 Å². The van der Waals surface area contributed by atoms with Gasteiger partial charge in [0.15, 0.2) is 0 Å². The molecular weight excluding hydrogens is 392 g/mol. The van der Waals surface area contributed by atoms with Crippen LogP contribution in [-0.4, -0.2) is 27.1 Å². The lowest BCUT2D eigenvalue weighted by atomic mass is 10.0. The molecule has 0 atom stereocenters. The van der Waals surface area contributed by atoms with Crippen LogP contribution in [0.1, 0.15) is 23.7 Å². The highest BCUT2D eigenvalue weighted by Crippen LogP contribution is 2.36. The van der Waals surface area contributed by atoms with Gasteiger partial charge in [-0.2, -0.15) is 5.10 Å². The standard InChI is InChI=1S/C19H16ClF2N3OS/c1-11(26)24-7-6-16-14(10-24)19(17-4-5-18(20)27-17)23-25(16)9-12-2-3-13(21)8-15(12)22/h2-5,8H,6-7,9-10H2,1H3. The summed E-state index contributed by atoms with van der Waals surface area (Å²) in [7, 11) is 0. The Morgan fingerprint density at radius 1 is 1.30 bits per heavy atom. The molecule has 0 aliphatic carbocycles. The zero-order valence-corrected chi connectivity index (χ0v) is 16.1. The number of fused-ring (bicyclic) bond motifs is 1. The number of nitrogens with zero attached hydrogens (tertiary/aromatic N) is 3. The highest BCUT2D eigenvalue weighted by atomic mass is 35.5. The zero-order chi connectivity index (χ0) is 19.1.